The van der Waals surface area contributed by atoms with E-state index in [1.165, 1.54) is 0 Å². The second-order valence-corrected chi connectivity index (χ2v) is 8.47. The van der Waals surface area contributed by atoms with Crippen LogP contribution in [0.2, 0.25) is 0 Å². The Hall–Kier alpha value is -2.89. The van der Waals surface area contributed by atoms with Gasteiger partial charge in [-0.05, 0) is 63.6 Å². The summed E-state index contributed by atoms with van der Waals surface area (Å²) >= 11 is 0. The van der Waals surface area contributed by atoms with Gasteiger partial charge < -0.3 is 9.88 Å². The average Bonchev–Trinajstić information content (AvgIpc) is 3.13. The largest absolute Gasteiger partial charge is 0.325 e. The molecular formula is C23H27N3O3. The van der Waals surface area contributed by atoms with Gasteiger partial charge in [0.25, 0.3) is 5.91 Å². The van der Waals surface area contributed by atoms with Crippen molar-refractivity contribution in [2.24, 2.45) is 5.92 Å². The van der Waals surface area contributed by atoms with Crippen molar-refractivity contribution in [3.8, 4) is 5.69 Å². The fraction of sp³-hybridized carbons (Fsp3) is 0.435. The average molecular weight is 393 g/mol. The van der Waals surface area contributed by atoms with Crippen LogP contribution in [-0.2, 0) is 4.79 Å². The van der Waals surface area contributed by atoms with Gasteiger partial charge in [-0.15, -0.1) is 0 Å². The lowest BCUT2D eigenvalue weighted by Gasteiger charge is -2.33. The number of hydrogen-bond donors (Lipinski definition) is 1. The summed E-state index contributed by atoms with van der Waals surface area (Å²) < 4.78 is 2.02. The number of nitrogens with one attached hydrogen (secondary N) is 1. The van der Waals surface area contributed by atoms with Crippen LogP contribution in [-0.4, -0.2) is 39.3 Å². The van der Waals surface area contributed by atoms with Crippen LogP contribution in [0, 0.1) is 19.8 Å². The van der Waals surface area contributed by atoms with Crippen LogP contribution in [0.25, 0.3) is 5.69 Å². The number of hydrogen-bond acceptors (Lipinski definition) is 3. The van der Waals surface area contributed by atoms with E-state index in [2.05, 4.69) is 12.2 Å². The molecular weight excluding hydrogens is 366 g/mol. The molecule has 1 spiro atoms. The Labute approximate surface area is 170 Å². The van der Waals surface area contributed by atoms with Gasteiger partial charge in [0, 0.05) is 22.6 Å². The first-order chi connectivity index (χ1) is 13.8. The van der Waals surface area contributed by atoms with Gasteiger partial charge in [0.2, 0.25) is 0 Å². The summed E-state index contributed by atoms with van der Waals surface area (Å²) in [6, 6.07) is 11.2. The monoisotopic (exact) mass is 393 g/mol. The molecule has 29 heavy (non-hydrogen) atoms. The number of para-hydroxylation sites is 1. The Balaban J connectivity index is 1.56. The van der Waals surface area contributed by atoms with Crippen LogP contribution in [0.15, 0.2) is 36.4 Å². The third-order valence-corrected chi connectivity index (χ3v) is 6.42. The van der Waals surface area contributed by atoms with Crippen LogP contribution in [0.3, 0.4) is 0 Å². The number of imide groups is 1. The van der Waals surface area contributed by atoms with Gasteiger partial charge in [-0.3, -0.25) is 14.5 Å². The van der Waals surface area contributed by atoms with Gasteiger partial charge >= 0.3 is 6.03 Å². The molecule has 0 bridgehead atoms. The molecule has 6 heteroatoms. The zero-order chi connectivity index (χ0) is 20.8. The Morgan fingerprint density at radius 1 is 1.14 bits per heavy atom. The van der Waals surface area contributed by atoms with Gasteiger partial charge in [0.1, 0.15) is 5.54 Å². The highest BCUT2D eigenvalue weighted by Crippen LogP contribution is 2.36. The standard InChI is InChI=1S/C23H27N3O3/c1-15-9-11-23(12-10-15)21(28)25(22(29)24-23)14-20(27)19-13-16(2)26(17(19)3)18-7-5-4-6-8-18/h4-8,13,15H,9-12,14H2,1-3H3,(H,24,29). The molecule has 2 heterocycles. The zero-order valence-electron chi connectivity index (χ0n) is 17.2. The van der Waals surface area contributed by atoms with E-state index in [0.29, 0.717) is 24.3 Å². The summed E-state index contributed by atoms with van der Waals surface area (Å²) in [7, 11) is 0. The fourth-order valence-corrected chi connectivity index (χ4v) is 4.66. The molecule has 0 unspecified atom stereocenters. The molecule has 4 rings (SSSR count). The minimum atomic E-state index is -0.815. The second kappa shape index (κ2) is 7.17. The molecule has 1 N–H and O–H groups in total. The summed E-state index contributed by atoms with van der Waals surface area (Å²) in [5.74, 6) is 0.0917. The van der Waals surface area contributed by atoms with Crippen molar-refractivity contribution in [3.63, 3.8) is 0 Å². The first-order valence-electron chi connectivity index (χ1n) is 10.2. The predicted octanol–water partition coefficient (Wildman–Crippen LogP) is 3.78. The Morgan fingerprint density at radius 2 is 1.79 bits per heavy atom. The van der Waals surface area contributed by atoms with Crippen LogP contribution < -0.4 is 5.32 Å². The lowest BCUT2D eigenvalue weighted by molar-refractivity contribution is -0.132. The van der Waals surface area contributed by atoms with Gasteiger partial charge in [0.15, 0.2) is 5.78 Å². The summed E-state index contributed by atoms with van der Waals surface area (Å²) in [5, 5.41) is 2.88. The molecule has 2 aliphatic rings. The maximum absolute atomic E-state index is 13.0. The number of rotatable bonds is 4. The number of carbonyl (C=O) groups is 3. The normalized spacial score (nSPS) is 24.2. The Bertz CT molecular complexity index is 969. The minimum Gasteiger partial charge on any atom is -0.323 e. The molecule has 3 amide bonds. The molecule has 0 atom stereocenters. The van der Waals surface area contributed by atoms with Gasteiger partial charge in [0.05, 0.1) is 6.54 Å². The van der Waals surface area contributed by atoms with Crippen molar-refractivity contribution >= 4 is 17.7 Å². The summed E-state index contributed by atoms with van der Waals surface area (Å²) in [5.41, 5.74) is 2.46. The van der Waals surface area contributed by atoms with Crippen LogP contribution in [0.5, 0.6) is 0 Å². The number of carbonyl (C=O) groups excluding carboxylic acids is 3. The highest BCUT2D eigenvalue weighted by atomic mass is 16.2. The van der Waals surface area contributed by atoms with Crippen molar-refractivity contribution < 1.29 is 14.4 Å². The molecule has 1 aliphatic carbocycles. The van der Waals surface area contributed by atoms with Crippen molar-refractivity contribution in [1.29, 1.82) is 0 Å². The minimum absolute atomic E-state index is 0.218. The highest BCUT2D eigenvalue weighted by molar-refractivity contribution is 6.11. The van der Waals surface area contributed by atoms with Gasteiger partial charge in [-0.2, -0.15) is 0 Å². The number of benzene rings is 1. The number of ketones is 1. The first-order valence-corrected chi connectivity index (χ1v) is 10.2. The zero-order valence-corrected chi connectivity index (χ0v) is 17.2. The molecule has 1 aliphatic heterocycles. The Kier molecular flexibility index (Phi) is 4.81. The number of Topliss-reactive ketones (excluding diaryl/α,β-unsaturated/α-hetero) is 1. The van der Waals surface area contributed by atoms with Crippen LogP contribution >= 0.6 is 0 Å². The summed E-state index contributed by atoms with van der Waals surface area (Å²) in [6.07, 6.45) is 3.11. The summed E-state index contributed by atoms with van der Waals surface area (Å²) in [4.78, 5) is 39.7. The maximum atomic E-state index is 13.0. The number of urea groups is 1. The van der Waals surface area contributed by atoms with Crippen molar-refractivity contribution in [1.82, 2.24) is 14.8 Å². The lowest BCUT2D eigenvalue weighted by atomic mass is 9.77. The molecule has 1 saturated heterocycles. The lowest BCUT2D eigenvalue weighted by Crippen LogP contribution is -2.49. The SMILES string of the molecule is Cc1cc(C(=O)CN2C(=O)NC3(CCC(C)CC3)C2=O)c(C)n1-c1ccccc1. The van der Waals surface area contributed by atoms with E-state index >= 15 is 0 Å². The number of amides is 3. The maximum Gasteiger partial charge on any atom is 0.325 e. The van der Waals surface area contributed by atoms with Crippen molar-refractivity contribution in [3.05, 3.63) is 53.3 Å². The van der Waals surface area contributed by atoms with E-state index < -0.39 is 11.6 Å². The molecule has 152 valence electrons. The molecule has 1 aromatic heterocycles. The van der Waals surface area contributed by atoms with E-state index in [0.717, 1.165) is 34.8 Å². The smallest absolute Gasteiger partial charge is 0.323 e. The van der Waals surface area contributed by atoms with Crippen molar-refractivity contribution in [2.75, 3.05) is 6.54 Å². The van der Waals surface area contributed by atoms with E-state index in [4.69, 9.17) is 0 Å². The van der Waals surface area contributed by atoms with E-state index in [-0.39, 0.29) is 18.2 Å². The van der Waals surface area contributed by atoms with Gasteiger partial charge in [-0.25, -0.2) is 4.79 Å². The Morgan fingerprint density at radius 3 is 2.45 bits per heavy atom. The fourth-order valence-electron chi connectivity index (χ4n) is 4.66. The van der Waals surface area contributed by atoms with Crippen LogP contribution in [0.4, 0.5) is 4.79 Å². The first kappa shape index (κ1) is 19.4. The van der Waals surface area contributed by atoms with E-state index in [9.17, 15) is 14.4 Å². The molecule has 1 saturated carbocycles. The predicted molar refractivity (Wildman–Crippen MR) is 110 cm³/mol. The second-order valence-electron chi connectivity index (χ2n) is 8.47. The van der Waals surface area contributed by atoms with Gasteiger partial charge in [-0.1, -0.05) is 25.1 Å². The van der Waals surface area contributed by atoms with E-state index in [1.54, 1.807) is 0 Å². The topological polar surface area (TPSA) is 71.4 Å². The number of nitrogens with zero attached hydrogens (tertiary/aromatic N) is 2. The molecule has 2 fully saturated rings. The third kappa shape index (κ3) is 3.26. The third-order valence-electron chi connectivity index (χ3n) is 6.42. The van der Waals surface area contributed by atoms with E-state index in [1.807, 2.05) is 54.8 Å². The highest BCUT2D eigenvalue weighted by Gasteiger charge is 2.52. The summed E-state index contributed by atoms with van der Waals surface area (Å²) in [6.45, 7) is 5.78. The molecule has 6 nitrogen and oxygen atoms in total. The van der Waals surface area contributed by atoms with Crippen molar-refractivity contribution in [2.45, 2.75) is 52.0 Å². The molecule has 0 radical (unpaired) electrons. The number of aryl methyl sites for hydroxylation is 1. The number of aromatic nitrogens is 1. The molecule has 1 aromatic carbocycles. The van der Waals surface area contributed by atoms with Crippen LogP contribution in [0.1, 0.15) is 54.4 Å². The molecule has 2 aromatic rings. The quantitative estimate of drug-likeness (QED) is 0.635.